The number of urea groups is 1. The van der Waals surface area contributed by atoms with E-state index >= 15 is 0 Å². The Hall–Kier alpha value is -4.48. The Labute approximate surface area is 274 Å². The molecule has 2 aromatic heterocycles. The summed E-state index contributed by atoms with van der Waals surface area (Å²) < 4.78 is 10.9. The summed E-state index contributed by atoms with van der Waals surface area (Å²) in [5.74, 6) is 1.51. The summed E-state index contributed by atoms with van der Waals surface area (Å²) >= 11 is 1.59. The van der Waals surface area contributed by atoms with Gasteiger partial charge in [0.05, 0.1) is 35.0 Å². The first-order valence-electron chi connectivity index (χ1n) is 15.6. The Balaban J connectivity index is 0.000000229. The van der Waals surface area contributed by atoms with E-state index in [4.69, 9.17) is 9.47 Å². The number of methoxy groups -OCH3 is 1. The van der Waals surface area contributed by atoms with Crippen LogP contribution in [-0.2, 0) is 14.3 Å². The lowest BCUT2D eigenvalue weighted by Gasteiger charge is -2.33. The SMILES string of the molecule is CC.COCC(C)C(=O)N1CCCC(NC=O)C1.Cc1cc(Oc2ccccc2)ccc1N1C(=O)Nc2c(C)sc3nccc1c23. The molecule has 4 amide bonds. The highest BCUT2D eigenvalue weighted by atomic mass is 32.1. The van der Waals surface area contributed by atoms with Gasteiger partial charge in [-0.1, -0.05) is 39.0 Å². The zero-order valence-electron chi connectivity index (χ0n) is 27.3. The third-order valence-electron chi connectivity index (χ3n) is 7.69. The van der Waals surface area contributed by atoms with Crippen LogP contribution in [0.1, 0.15) is 44.1 Å². The average molecular weight is 646 g/mol. The van der Waals surface area contributed by atoms with Crippen LogP contribution in [0.2, 0.25) is 0 Å². The summed E-state index contributed by atoms with van der Waals surface area (Å²) in [5.41, 5.74) is 3.49. The van der Waals surface area contributed by atoms with Crippen LogP contribution >= 0.6 is 11.3 Å². The number of hydrogen-bond acceptors (Lipinski definition) is 7. The maximum Gasteiger partial charge on any atom is 0.331 e. The molecule has 10 nitrogen and oxygen atoms in total. The average Bonchev–Trinajstić information content (AvgIpc) is 3.39. The lowest BCUT2D eigenvalue weighted by molar-refractivity contribution is -0.138. The number of pyridine rings is 1. The summed E-state index contributed by atoms with van der Waals surface area (Å²) in [6, 6.07) is 17.2. The number of hydrogen-bond donors (Lipinski definition) is 2. The molecular formula is C35H43N5O5S. The van der Waals surface area contributed by atoms with Gasteiger partial charge in [-0.3, -0.25) is 14.5 Å². The maximum atomic E-state index is 12.9. The van der Waals surface area contributed by atoms with Crippen molar-refractivity contribution in [2.24, 2.45) is 5.92 Å². The van der Waals surface area contributed by atoms with Crippen LogP contribution in [0.3, 0.4) is 0 Å². The largest absolute Gasteiger partial charge is 0.457 e. The molecule has 2 aliphatic heterocycles. The number of nitrogens with zero attached hydrogens (tertiary/aromatic N) is 3. The van der Waals surface area contributed by atoms with Gasteiger partial charge in [0.25, 0.3) is 0 Å². The number of aryl methyl sites for hydroxylation is 2. The van der Waals surface area contributed by atoms with Gasteiger partial charge in [-0.05, 0) is 68.7 Å². The monoisotopic (exact) mass is 645 g/mol. The van der Waals surface area contributed by atoms with Gasteiger partial charge in [0, 0.05) is 37.3 Å². The van der Waals surface area contributed by atoms with E-state index in [1.165, 1.54) is 0 Å². The zero-order chi connectivity index (χ0) is 33.2. The molecule has 1 saturated heterocycles. The van der Waals surface area contributed by atoms with E-state index in [1.54, 1.807) is 29.5 Å². The smallest absolute Gasteiger partial charge is 0.331 e. The van der Waals surface area contributed by atoms with Crippen LogP contribution < -0.4 is 20.3 Å². The van der Waals surface area contributed by atoms with Gasteiger partial charge in [0.1, 0.15) is 16.3 Å². The molecule has 244 valence electrons. The second kappa shape index (κ2) is 16.2. The first-order chi connectivity index (χ1) is 22.3. The number of piperidine rings is 1. The van der Waals surface area contributed by atoms with E-state index in [2.05, 4.69) is 15.6 Å². The van der Waals surface area contributed by atoms with Crippen molar-refractivity contribution >= 4 is 57.0 Å². The molecule has 6 rings (SSSR count). The highest BCUT2D eigenvalue weighted by molar-refractivity contribution is 7.19. The number of thiophene rings is 1. The van der Waals surface area contributed by atoms with Crippen molar-refractivity contribution in [2.75, 3.05) is 37.0 Å². The number of benzene rings is 2. The van der Waals surface area contributed by atoms with Gasteiger partial charge >= 0.3 is 6.03 Å². The number of nitrogens with one attached hydrogen (secondary N) is 2. The van der Waals surface area contributed by atoms with Gasteiger partial charge in [0.15, 0.2) is 0 Å². The van der Waals surface area contributed by atoms with Crippen LogP contribution in [0.4, 0.5) is 21.9 Å². The van der Waals surface area contributed by atoms with Crippen LogP contribution in [0.25, 0.3) is 10.2 Å². The lowest BCUT2D eigenvalue weighted by Crippen LogP contribution is -2.49. The van der Waals surface area contributed by atoms with Gasteiger partial charge in [-0.15, -0.1) is 11.3 Å². The standard InChI is InChI=1S/C22H17N3O2S.C11H20N2O3.C2H6/c1-13-12-16(27-15-6-4-3-5-7-15)8-9-17(13)25-18-10-11-23-21-19(18)20(14(2)28-21)24-22(25)26;1-9(7-16-2)11(15)13-5-3-4-10(6-13)12-8-14;1-2/h3-12H,1-2H3,(H,24,26);8-10H,3-7H2,1-2H3,(H,12,14);1-2H3. The highest BCUT2D eigenvalue weighted by Crippen LogP contribution is 2.46. The van der Waals surface area contributed by atoms with Gasteiger partial charge in [0.2, 0.25) is 12.3 Å². The molecule has 2 atom stereocenters. The van der Waals surface area contributed by atoms with Crippen molar-refractivity contribution < 1.29 is 23.9 Å². The minimum atomic E-state index is -0.165. The number of likely N-dealkylation sites (tertiary alicyclic amines) is 1. The Morgan fingerprint density at radius 2 is 1.89 bits per heavy atom. The number of carbonyl (C=O) groups is 3. The first-order valence-corrected chi connectivity index (χ1v) is 16.4. The predicted molar refractivity (Wildman–Crippen MR) is 184 cm³/mol. The van der Waals surface area contributed by atoms with Crippen molar-refractivity contribution in [3.63, 3.8) is 0 Å². The second-order valence-electron chi connectivity index (χ2n) is 10.9. The number of para-hydroxylation sites is 1. The molecule has 0 aliphatic carbocycles. The van der Waals surface area contributed by atoms with E-state index < -0.39 is 0 Å². The Morgan fingerprint density at radius 3 is 2.59 bits per heavy atom. The van der Waals surface area contributed by atoms with Gasteiger partial charge < -0.3 is 25.0 Å². The Morgan fingerprint density at radius 1 is 1.13 bits per heavy atom. The quantitative estimate of drug-likeness (QED) is 0.193. The van der Waals surface area contributed by atoms with Crippen LogP contribution in [0, 0.1) is 19.8 Å². The fourth-order valence-electron chi connectivity index (χ4n) is 5.58. The molecule has 2 N–H and O–H groups in total. The minimum absolute atomic E-state index is 0.102. The molecule has 4 heterocycles. The molecule has 2 aromatic carbocycles. The number of ether oxygens (including phenoxy) is 2. The predicted octanol–water partition coefficient (Wildman–Crippen LogP) is 7.42. The van der Waals surface area contributed by atoms with E-state index in [9.17, 15) is 14.4 Å². The summed E-state index contributed by atoms with van der Waals surface area (Å²) in [6.45, 7) is 11.7. The van der Waals surface area contributed by atoms with Gasteiger partial charge in [-0.25, -0.2) is 9.78 Å². The lowest BCUT2D eigenvalue weighted by atomic mass is 10.0. The first kappa shape index (κ1) is 34.4. The minimum Gasteiger partial charge on any atom is -0.457 e. The van der Waals surface area contributed by atoms with Crippen LogP contribution in [0.5, 0.6) is 11.5 Å². The summed E-state index contributed by atoms with van der Waals surface area (Å²) in [5, 5.41) is 6.76. The second-order valence-corrected chi connectivity index (χ2v) is 12.1. The molecular weight excluding hydrogens is 602 g/mol. The molecule has 1 fully saturated rings. The molecule has 0 spiro atoms. The molecule has 4 aromatic rings. The number of aromatic nitrogens is 1. The Bertz CT molecular complexity index is 1640. The van der Waals surface area contributed by atoms with Crippen LogP contribution in [0.15, 0.2) is 60.8 Å². The normalized spacial score (nSPS) is 15.9. The third kappa shape index (κ3) is 7.83. The number of rotatable bonds is 8. The highest BCUT2D eigenvalue weighted by Gasteiger charge is 2.31. The topological polar surface area (TPSA) is 113 Å². The van der Waals surface area contributed by atoms with E-state index in [0.717, 1.165) is 68.6 Å². The molecule has 46 heavy (non-hydrogen) atoms. The van der Waals surface area contributed by atoms with E-state index in [-0.39, 0.29) is 23.9 Å². The van der Waals surface area contributed by atoms with Crippen molar-refractivity contribution in [1.29, 1.82) is 0 Å². The van der Waals surface area contributed by atoms with Gasteiger partial charge in [-0.2, -0.15) is 0 Å². The van der Waals surface area contributed by atoms with E-state index in [0.29, 0.717) is 19.6 Å². The molecule has 2 unspecified atom stereocenters. The zero-order valence-corrected chi connectivity index (χ0v) is 28.1. The molecule has 0 saturated carbocycles. The van der Waals surface area contributed by atoms with Crippen LogP contribution in [-0.4, -0.2) is 61.1 Å². The molecule has 2 aliphatic rings. The number of anilines is 3. The summed E-state index contributed by atoms with van der Waals surface area (Å²) in [7, 11) is 1.59. The van der Waals surface area contributed by atoms with Crippen molar-refractivity contribution in [1.82, 2.24) is 15.2 Å². The van der Waals surface area contributed by atoms with E-state index in [1.807, 2.05) is 94.1 Å². The van der Waals surface area contributed by atoms with Crippen molar-refractivity contribution in [2.45, 2.75) is 53.5 Å². The molecule has 0 radical (unpaired) electrons. The summed E-state index contributed by atoms with van der Waals surface area (Å²) in [4.78, 5) is 45.2. The number of carbonyl (C=O) groups excluding carboxylic acids is 3. The maximum absolute atomic E-state index is 12.9. The fraction of sp³-hybridized carbons (Fsp3) is 0.371. The Kier molecular flexibility index (Phi) is 12.1. The summed E-state index contributed by atoms with van der Waals surface area (Å²) in [6.07, 6.45) is 4.35. The van der Waals surface area contributed by atoms with Crippen molar-refractivity contribution in [3.05, 3.63) is 71.2 Å². The fourth-order valence-corrected chi connectivity index (χ4v) is 6.54. The third-order valence-corrected chi connectivity index (χ3v) is 8.70. The van der Waals surface area contributed by atoms with Crippen molar-refractivity contribution in [3.8, 4) is 11.5 Å². The molecule has 11 heteroatoms. The number of amides is 4. The molecule has 0 bridgehead atoms.